The Morgan fingerprint density at radius 3 is 1.11 bits per heavy atom. The number of sulfonamides is 2. The fraction of sp³-hybridized carbons (Fsp3) is 0.133. The van der Waals surface area contributed by atoms with Crippen molar-refractivity contribution < 1.29 is 45.8 Å². The maximum absolute atomic E-state index is 11.2. The van der Waals surface area contributed by atoms with Crippen molar-refractivity contribution in [1.29, 1.82) is 0 Å². The number of anilines is 3. The molecule has 0 saturated heterocycles. The highest BCUT2D eigenvalue weighted by Gasteiger charge is 2.11. The number of hydrogen-bond acceptors (Lipinski definition) is 20. The number of halogens is 4. The predicted octanol–water partition coefficient (Wildman–Crippen LogP) is 10.8. The van der Waals surface area contributed by atoms with Crippen LogP contribution in [0.3, 0.4) is 0 Å². The molecule has 4 heterocycles. The van der Waals surface area contributed by atoms with Crippen LogP contribution < -0.4 is 45.7 Å². The summed E-state index contributed by atoms with van der Waals surface area (Å²) in [4.78, 5) is 31.6. The van der Waals surface area contributed by atoms with Crippen molar-refractivity contribution >= 4 is 96.2 Å². The first-order chi connectivity index (χ1) is 41.5. The third-order valence-corrected chi connectivity index (χ3v) is 13.3. The van der Waals surface area contributed by atoms with E-state index in [1.807, 2.05) is 84.9 Å². The summed E-state index contributed by atoms with van der Waals surface area (Å²) in [6.45, 7) is 0. The maximum Gasteiger partial charge on any atom is 0.488 e. The molecular weight excluding hydrogens is 1270 g/mol. The number of ether oxygens (including phenoxy) is 4. The van der Waals surface area contributed by atoms with Gasteiger partial charge in [-0.3, -0.25) is 0 Å². The summed E-state index contributed by atoms with van der Waals surface area (Å²) in [5, 5.41) is 32.1. The molecule has 10 rings (SSSR count). The lowest BCUT2D eigenvalue weighted by Gasteiger charge is -2.09. The lowest BCUT2D eigenvalue weighted by molar-refractivity contribution is 0.414. The average molecular weight is 1330 g/mol. The topological polar surface area (TPSA) is 339 Å². The van der Waals surface area contributed by atoms with E-state index in [1.54, 1.807) is 107 Å². The second kappa shape index (κ2) is 38.0. The summed E-state index contributed by atoms with van der Waals surface area (Å²) in [6, 6.07) is 49.7. The highest BCUT2D eigenvalue weighted by atomic mass is 35.5. The van der Waals surface area contributed by atoms with Crippen LogP contribution in [-0.2, 0) is 31.6 Å². The number of nitrogens with one attached hydrogen (secondary N) is 1. The number of rotatable bonds is 14. The second-order valence-electron chi connectivity index (χ2n) is 17.4. The zero-order chi connectivity index (χ0) is 63.4. The summed E-state index contributed by atoms with van der Waals surface area (Å²) in [6.07, 6.45) is 5.67. The minimum absolute atomic E-state index is 0. The molecule has 0 spiro atoms. The smallest absolute Gasteiger partial charge is 0.488 e. The number of nitrogens with two attached hydrogens (primary N) is 3. The Bertz CT molecular complexity index is 3870. The fourth-order valence-electron chi connectivity index (χ4n) is 6.97. The molecule has 0 atom stereocenters. The number of benzene rings is 6. The normalized spacial score (nSPS) is 10.2. The van der Waals surface area contributed by atoms with Gasteiger partial charge in [0.2, 0.25) is 20.0 Å². The van der Waals surface area contributed by atoms with E-state index in [2.05, 4.69) is 45.2 Å². The van der Waals surface area contributed by atoms with Crippen LogP contribution in [0.25, 0.3) is 33.8 Å². The summed E-state index contributed by atoms with van der Waals surface area (Å²) < 4.78 is 64.0. The number of nitrogens with zero attached hydrogens (tertiary/aromatic N) is 8. The Labute approximate surface area is 538 Å². The van der Waals surface area contributed by atoms with E-state index in [0.717, 1.165) is 51.0 Å². The lowest BCUT2D eigenvalue weighted by atomic mass is 9.80. The van der Waals surface area contributed by atoms with Crippen molar-refractivity contribution in [3.05, 3.63) is 227 Å². The van der Waals surface area contributed by atoms with Gasteiger partial charge in [-0.2, -0.15) is 0 Å². The molecule has 0 fully saturated rings. The van der Waals surface area contributed by atoms with Crippen molar-refractivity contribution in [1.82, 2.24) is 39.9 Å². The molecule has 9 N–H and O–H groups in total. The summed E-state index contributed by atoms with van der Waals surface area (Å²) in [5.41, 5.74) is 13.6. The van der Waals surface area contributed by atoms with Gasteiger partial charge in [0.25, 0.3) is 0 Å². The van der Waals surface area contributed by atoms with Crippen molar-refractivity contribution in [3.8, 4) is 56.8 Å². The first kappa shape index (κ1) is 74.7. The number of hydrogen-bond donors (Lipinski definition) is 6. The van der Waals surface area contributed by atoms with Crippen LogP contribution in [0.5, 0.6) is 23.0 Å². The van der Waals surface area contributed by atoms with Crippen LogP contribution in [0.1, 0.15) is 26.0 Å². The van der Waals surface area contributed by atoms with Crippen LogP contribution >= 0.6 is 46.4 Å². The molecule has 10 aromatic rings. The SMILES string of the molecule is C.C.COc1ccc(-c2cc(Cl)ncn2)cc1.COc1ccc(-c2cc(Cl)ncn2)cc1.COc1ccc(-c2cc(Nc3cccc(CS(N)(=O)=O)c3)ncn2)cc1.COc1ccc(B(O)O)cc1.Clc1cc(Cl)ncn1.Nc1cccc(CS(N)(=O)=O)c1. The third kappa shape index (κ3) is 28.4. The van der Waals surface area contributed by atoms with Gasteiger partial charge in [0, 0.05) is 52.3 Å². The second-order valence-corrected chi connectivity index (χ2v) is 22.2. The molecular formula is C60H65BCl4N12O10S2. The maximum atomic E-state index is 11.2. The molecule has 0 saturated carbocycles. The Morgan fingerprint density at radius 1 is 0.438 bits per heavy atom. The molecule has 22 nitrogen and oxygen atoms in total. The summed E-state index contributed by atoms with van der Waals surface area (Å²) >= 11 is 22.4. The monoisotopic (exact) mass is 1330 g/mol. The minimum Gasteiger partial charge on any atom is -0.497 e. The average Bonchev–Trinajstić information content (AvgIpc) is 3.71. The third-order valence-electron chi connectivity index (χ3n) is 11.0. The molecule has 0 unspecified atom stereocenters. The van der Waals surface area contributed by atoms with E-state index >= 15 is 0 Å². The van der Waals surface area contributed by atoms with E-state index < -0.39 is 27.2 Å². The van der Waals surface area contributed by atoms with Crippen LogP contribution in [0.15, 0.2) is 195 Å². The lowest BCUT2D eigenvalue weighted by Crippen LogP contribution is -2.29. The molecule has 29 heteroatoms. The van der Waals surface area contributed by atoms with E-state index in [1.165, 1.54) is 31.4 Å². The first-order valence-electron chi connectivity index (χ1n) is 25.1. The molecule has 0 bridgehead atoms. The molecule has 0 aliphatic rings. The highest BCUT2D eigenvalue weighted by Crippen LogP contribution is 2.26. The predicted molar refractivity (Wildman–Crippen MR) is 355 cm³/mol. The van der Waals surface area contributed by atoms with Crippen molar-refractivity contribution in [3.63, 3.8) is 0 Å². The molecule has 468 valence electrons. The molecule has 89 heavy (non-hydrogen) atoms. The van der Waals surface area contributed by atoms with E-state index in [4.69, 9.17) is 91.4 Å². The summed E-state index contributed by atoms with van der Waals surface area (Å²) in [7, 11) is -1.98. The Balaban J connectivity index is 0.000000289. The first-order valence-corrected chi connectivity index (χ1v) is 30.0. The number of aromatic nitrogens is 8. The number of nitrogen functional groups attached to an aromatic ring is 1. The van der Waals surface area contributed by atoms with Crippen LogP contribution in [0, 0.1) is 0 Å². The van der Waals surface area contributed by atoms with Gasteiger partial charge < -0.3 is 40.0 Å². The van der Waals surface area contributed by atoms with Gasteiger partial charge in [-0.25, -0.2) is 67.0 Å². The highest BCUT2D eigenvalue weighted by molar-refractivity contribution is 7.88. The van der Waals surface area contributed by atoms with Crippen molar-refractivity contribution in [2.45, 2.75) is 26.4 Å². The largest absolute Gasteiger partial charge is 0.497 e. The molecule has 0 amide bonds. The zero-order valence-electron chi connectivity index (χ0n) is 46.8. The van der Waals surface area contributed by atoms with E-state index in [-0.39, 0.29) is 26.4 Å². The van der Waals surface area contributed by atoms with Crippen LogP contribution in [0.2, 0.25) is 20.6 Å². The number of primary sulfonamides is 2. The molecule has 0 radical (unpaired) electrons. The Kier molecular flexibility index (Phi) is 31.8. The fourth-order valence-corrected chi connectivity index (χ4v) is 8.91. The van der Waals surface area contributed by atoms with Crippen molar-refractivity contribution in [2.24, 2.45) is 10.3 Å². The minimum atomic E-state index is -3.58. The molecule has 4 aromatic heterocycles. The van der Waals surface area contributed by atoms with Crippen molar-refractivity contribution in [2.75, 3.05) is 39.5 Å². The van der Waals surface area contributed by atoms with Gasteiger partial charge in [-0.1, -0.05) is 97.7 Å². The van der Waals surface area contributed by atoms with E-state index in [0.29, 0.717) is 60.1 Å². The van der Waals surface area contributed by atoms with Crippen LogP contribution in [-0.4, -0.2) is 102 Å². The zero-order valence-corrected chi connectivity index (χ0v) is 51.4. The standard InChI is InChI=1S/C18H18N4O3S.2C11H9ClN2O.C7H9BO3.C7H10N2O2S.C4H2Cl2N2.2CH4/c1-25-16-7-5-14(6-8-16)17-10-18(21-12-20-17)22-15-4-2-3-13(9-15)11-26(19,23)24;2*1-15-9-4-2-8(3-5-9)10-6-11(12)14-7-13-10;1-11-7-4-2-6(3-5-7)8(9)10;8-7-3-1-2-6(4-7)5-12(9,10)11;5-3-1-4(6)8-2-7-3;;/h2-10,12H,11H2,1H3,(H2,19,23,24)(H,20,21,22);2*2-7H,1H3;2-5,9-10H,1H3;1-4H,5,8H2,(H2,9,10,11);1-2H;2*1H4. The van der Waals surface area contributed by atoms with Gasteiger partial charge in [0.05, 0.1) is 57.0 Å². The molecule has 6 aromatic carbocycles. The Morgan fingerprint density at radius 2 is 0.775 bits per heavy atom. The van der Waals surface area contributed by atoms with Crippen LogP contribution in [0.4, 0.5) is 17.2 Å². The van der Waals surface area contributed by atoms with Gasteiger partial charge in [0.15, 0.2) is 0 Å². The quantitative estimate of drug-likeness (QED) is 0.0335. The van der Waals surface area contributed by atoms with Gasteiger partial charge in [-0.15, -0.1) is 0 Å². The van der Waals surface area contributed by atoms with E-state index in [9.17, 15) is 16.8 Å². The van der Waals surface area contributed by atoms with Gasteiger partial charge >= 0.3 is 7.12 Å². The molecule has 0 aliphatic heterocycles. The number of methoxy groups -OCH3 is 4. The molecule has 0 aliphatic carbocycles. The van der Waals surface area contributed by atoms with Gasteiger partial charge in [-0.05, 0) is 126 Å². The van der Waals surface area contributed by atoms with Gasteiger partial charge in [0.1, 0.15) is 74.7 Å². The summed E-state index contributed by atoms with van der Waals surface area (Å²) in [5.74, 6) is 3.32. The Hall–Kier alpha value is -8.60.